The first-order valence-corrected chi connectivity index (χ1v) is 25.0. The fourth-order valence-electron chi connectivity index (χ4n) is 9.25. The number of amides is 2. The van der Waals surface area contributed by atoms with E-state index in [9.17, 15) is 99.7 Å². The molecule has 6 saturated heterocycles. The smallest absolute Gasteiger partial charge is 0.394 e. The van der Waals surface area contributed by atoms with Crippen molar-refractivity contribution in [3.05, 3.63) is 0 Å². The van der Waals surface area contributed by atoms with Gasteiger partial charge in [0.15, 0.2) is 37.7 Å². The normalized spacial score (nSPS) is 48.5. The van der Waals surface area contributed by atoms with Crippen LogP contribution in [0.25, 0.3) is 0 Å². The largest absolute Gasteiger partial charge is 0.397 e. The quantitative estimate of drug-likeness (QED) is 0.0534. The molecule has 0 aliphatic carbocycles. The predicted octanol–water partition coefficient (Wildman–Crippen LogP) is -13.0. The maximum absolute atomic E-state index is 12.6. The van der Waals surface area contributed by atoms with E-state index in [1.54, 1.807) is 0 Å². The second-order valence-corrected chi connectivity index (χ2v) is 19.9. The number of ether oxygens (including phenoxy) is 11. The molecule has 6 rings (SSSR count). The van der Waals surface area contributed by atoms with Crippen molar-refractivity contribution >= 4 is 22.2 Å². The van der Waals surface area contributed by atoms with Crippen molar-refractivity contribution < 1.29 is 161 Å². The van der Waals surface area contributed by atoms with Crippen LogP contribution < -0.4 is 10.6 Å². The molecule has 6 heterocycles. The van der Waals surface area contributed by atoms with Crippen molar-refractivity contribution in [1.29, 1.82) is 0 Å². The zero-order chi connectivity index (χ0) is 56.4. The summed E-state index contributed by atoms with van der Waals surface area (Å²) in [5.41, 5.74) is 0. The van der Waals surface area contributed by atoms with E-state index in [0.717, 1.165) is 13.8 Å². The lowest BCUT2D eigenvalue weighted by Crippen LogP contribution is -2.70. The van der Waals surface area contributed by atoms with Crippen LogP contribution in [0.1, 0.15) is 20.8 Å². The Hall–Kier alpha value is -2.27. The van der Waals surface area contributed by atoms with E-state index >= 15 is 0 Å². The van der Waals surface area contributed by atoms with Crippen LogP contribution in [0, 0.1) is 0 Å². The number of nitrogens with one attached hydrogen (secondary N) is 2. The Morgan fingerprint density at radius 3 is 1.42 bits per heavy atom. The van der Waals surface area contributed by atoms with Gasteiger partial charge < -0.3 is 144 Å². The van der Waals surface area contributed by atoms with E-state index in [1.165, 1.54) is 6.92 Å². The Morgan fingerprint density at radius 1 is 0.434 bits per heavy atom. The fourth-order valence-corrected chi connectivity index (χ4v) is 9.56. The molecule has 0 aromatic heterocycles. The SMILES string of the molecule is CC(=O)N[C@@H]1[C@@H](O[C@@H]2O[C@H](CO)[C@H](O)[C@H](O[C@H]3O[C@H](CO)[C@H](O)[C@H](O)[C@H]3O[C@@H]3O[C@H](CO)[C@H](O)[C@H](O)[C@H]3O)[C@H]2O[C@@H]2O[C@@H](C)[C@@H](O)[C@@H](O)[C@@H]2O)[C@@H](O)[C@@H](CO[C@@H]2O[C@H](COS(=O)(=O)O)[C@@H](O)[C@H](O)[C@H]2NC(C)=O)O[C@H]1O. The number of aliphatic hydroxyl groups is 16. The van der Waals surface area contributed by atoms with Crippen LogP contribution in [-0.4, -0.2) is 324 Å². The van der Waals surface area contributed by atoms with Gasteiger partial charge in [-0.25, -0.2) is 4.18 Å². The second kappa shape index (κ2) is 26.5. The Labute approximate surface area is 430 Å². The highest BCUT2D eigenvalue weighted by molar-refractivity contribution is 7.80. The Bertz CT molecular complexity index is 1990. The molecule has 0 aromatic carbocycles. The zero-order valence-corrected chi connectivity index (χ0v) is 41.2. The lowest BCUT2D eigenvalue weighted by molar-refractivity contribution is -0.410. The van der Waals surface area contributed by atoms with E-state index in [2.05, 4.69) is 14.8 Å². The molecule has 36 heteroatoms. The number of carbonyl (C=O) groups excluding carboxylic acids is 2. The Kier molecular flexibility index (Phi) is 22.0. The van der Waals surface area contributed by atoms with Gasteiger partial charge in [0.2, 0.25) is 11.8 Å². The van der Waals surface area contributed by atoms with Gasteiger partial charge in [0, 0.05) is 13.8 Å². The Morgan fingerprint density at radius 2 is 0.855 bits per heavy atom. The molecular weight excluding hydrogens is 1070 g/mol. The summed E-state index contributed by atoms with van der Waals surface area (Å²) in [4.78, 5) is 24.7. The van der Waals surface area contributed by atoms with Crippen LogP contribution in [-0.2, 0) is 76.3 Å². The van der Waals surface area contributed by atoms with Gasteiger partial charge in [0.25, 0.3) is 0 Å². The molecule has 76 heavy (non-hydrogen) atoms. The van der Waals surface area contributed by atoms with Crippen LogP contribution >= 0.6 is 0 Å². The highest BCUT2D eigenvalue weighted by atomic mass is 32.3. The highest BCUT2D eigenvalue weighted by Gasteiger charge is 2.58. The molecule has 0 aromatic rings. The molecule has 6 aliphatic rings. The van der Waals surface area contributed by atoms with E-state index in [0.29, 0.717) is 0 Å². The molecule has 6 fully saturated rings. The topological polar surface area (TPSA) is 547 Å². The summed E-state index contributed by atoms with van der Waals surface area (Å²) < 4.78 is 99.8. The maximum Gasteiger partial charge on any atom is 0.397 e. The summed E-state index contributed by atoms with van der Waals surface area (Å²) >= 11 is 0. The number of hydrogen-bond acceptors (Lipinski definition) is 32. The van der Waals surface area contributed by atoms with Crippen molar-refractivity contribution in [1.82, 2.24) is 10.6 Å². The summed E-state index contributed by atoms with van der Waals surface area (Å²) in [7, 11) is -5.13. The van der Waals surface area contributed by atoms with Gasteiger partial charge in [-0.1, -0.05) is 0 Å². The highest BCUT2D eigenvalue weighted by Crippen LogP contribution is 2.38. The molecule has 19 N–H and O–H groups in total. The van der Waals surface area contributed by atoms with Crippen LogP contribution in [0.5, 0.6) is 0 Å². The molecular formula is C40H68N2O33S. The molecule has 0 spiro atoms. The third-order valence-electron chi connectivity index (χ3n) is 13.4. The summed E-state index contributed by atoms with van der Waals surface area (Å²) in [6.07, 6.45) is -55.8. The minimum Gasteiger partial charge on any atom is -0.394 e. The van der Waals surface area contributed by atoms with Gasteiger partial charge >= 0.3 is 10.4 Å². The first-order valence-electron chi connectivity index (χ1n) is 23.6. The van der Waals surface area contributed by atoms with Crippen LogP contribution in [0.4, 0.5) is 0 Å². The minimum atomic E-state index is -5.13. The van der Waals surface area contributed by atoms with Crippen LogP contribution in [0.2, 0.25) is 0 Å². The number of rotatable bonds is 19. The molecule has 6 aliphatic heterocycles. The number of aliphatic hydroxyl groups excluding tert-OH is 16. The van der Waals surface area contributed by atoms with Gasteiger partial charge in [-0.05, 0) is 6.92 Å². The van der Waals surface area contributed by atoms with Crippen LogP contribution in [0.15, 0.2) is 0 Å². The molecule has 0 unspecified atom stereocenters. The van der Waals surface area contributed by atoms with Gasteiger partial charge in [-0.3, -0.25) is 14.1 Å². The van der Waals surface area contributed by atoms with E-state index in [-0.39, 0.29) is 0 Å². The van der Waals surface area contributed by atoms with Crippen molar-refractivity contribution in [2.24, 2.45) is 0 Å². The maximum atomic E-state index is 12.6. The van der Waals surface area contributed by atoms with Gasteiger partial charge in [-0.15, -0.1) is 0 Å². The minimum absolute atomic E-state index is 0.810. The van der Waals surface area contributed by atoms with E-state index < -0.39 is 239 Å². The predicted molar refractivity (Wildman–Crippen MR) is 231 cm³/mol. The fraction of sp³-hybridized carbons (Fsp3) is 0.950. The molecule has 0 saturated carbocycles. The summed E-state index contributed by atoms with van der Waals surface area (Å²) in [6, 6.07) is -3.49. The first-order chi connectivity index (χ1) is 35.6. The molecule has 0 radical (unpaired) electrons. The lowest BCUT2D eigenvalue weighted by atomic mass is 9.94. The number of hydrogen-bond donors (Lipinski definition) is 19. The summed E-state index contributed by atoms with van der Waals surface area (Å²) in [6.45, 7) is -1.95. The average Bonchev–Trinajstić information content (AvgIpc) is 3.36. The summed E-state index contributed by atoms with van der Waals surface area (Å²) in [5.74, 6) is -1.70. The van der Waals surface area contributed by atoms with Gasteiger partial charge in [-0.2, -0.15) is 8.42 Å². The van der Waals surface area contributed by atoms with E-state index in [4.69, 9.17) is 56.7 Å². The average molecular weight is 1140 g/mol. The van der Waals surface area contributed by atoms with Gasteiger partial charge in [0.05, 0.1) is 39.1 Å². The summed E-state index contributed by atoms with van der Waals surface area (Å²) in [5, 5.41) is 178. The number of carbonyl (C=O) groups is 2. The molecule has 0 bridgehead atoms. The van der Waals surface area contributed by atoms with E-state index in [1.807, 2.05) is 0 Å². The molecule has 35 nitrogen and oxygen atoms in total. The van der Waals surface area contributed by atoms with Crippen molar-refractivity contribution in [3.8, 4) is 0 Å². The van der Waals surface area contributed by atoms with Crippen molar-refractivity contribution in [2.45, 2.75) is 205 Å². The Balaban J connectivity index is 1.36. The molecule has 30 atom stereocenters. The molecule has 442 valence electrons. The van der Waals surface area contributed by atoms with Gasteiger partial charge in [0.1, 0.15) is 140 Å². The first kappa shape index (κ1) is 62.9. The van der Waals surface area contributed by atoms with Crippen molar-refractivity contribution in [2.75, 3.05) is 33.0 Å². The van der Waals surface area contributed by atoms with Crippen molar-refractivity contribution in [3.63, 3.8) is 0 Å². The monoisotopic (exact) mass is 1140 g/mol. The molecule has 2 amide bonds. The third kappa shape index (κ3) is 14.2. The second-order valence-electron chi connectivity index (χ2n) is 18.8. The lowest BCUT2D eigenvalue weighted by Gasteiger charge is -2.51. The third-order valence-corrected chi connectivity index (χ3v) is 13.8. The van der Waals surface area contributed by atoms with Crippen LogP contribution in [0.3, 0.4) is 0 Å². The standard InChI is InChI=1S/C40H68N2O33S/c1-9-19(48)26(55)29(58)37(66-9)75-34-32(73-39-33(28(57)21(50)13(5-44)69-39)74-38-30(59)27(56)20(49)12(4-43)68-38)23(52)14(6-45)70-40(34)72-31-18(42-11(3)47)35(60)67-15(24(31)53)7-64-36-17(41-10(2)46)25(54)22(51)16(71-36)8-65-76(61,62)63/h9,12-40,43-45,48-60H,4-8H2,1-3H3,(H,41,46)(H,42,47)(H,61,62,63)/t9-,12+,13+,14+,15+,16+,17+,18+,19+,20-,21-,22+,23-,24-,25+,26+,27-,28-,29-,30+,31+,32-,33+,34+,35+,36+,37-,38-,39+,40-/m0/s1. The zero-order valence-electron chi connectivity index (χ0n) is 40.4.